The van der Waals surface area contributed by atoms with E-state index in [1.165, 1.54) is 0 Å². The first-order chi connectivity index (χ1) is 9.69. The van der Waals surface area contributed by atoms with E-state index < -0.39 is 0 Å². The Balaban J connectivity index is 1.92. The van der Waals surface area contributed by atoms with Gasteiger partial charge >= 0.3 is 0 Å². The highest BCUT2D eigenvalue weighted by Crippen LogP contribution is 2.13. The lowest BCUT2D eigenvalue weighted by atomic mass is 10.1. The number of nitrogens with zero attached hydrogens (tertiary/aromatic N) is 1. The van der Waals surface area contributed by atoms with Crippen molar-refractivity contribution in [2.24, 2.45) is 0 Å². The fraction of sp³-hybridized carbons (Fsp3) is 0.467. The number of hydrogen-bond donors (Lipinski definition) is 1. The number of ketones is 1. The third-order valence-electron chi connectivity index (χ3n) is 3.26. The van der Waals surface area contributed by atoms with Crippen molar-refractivity contribution >= 4 is 11.7 Å². The standard InChI is InChI=1S/C15H20N2O3/c1-2-20-13-5-3-12(4-6-13)14(18)11-17-9-7-15(19)16-8-10-17/h3-6H,2,7-11H2,1H3,(H,16,19). The predicted octanol–water partition coefficient (Wildman–Crippen LogP) is 1.09. The summed E-state index contributed by atoms with van der Waals surface area (Å²) in [4.78, 5) is 25.4. The molecule has 1 aliphatic rings. The molecule has 0 unspecified atom stereocenters. The first kappa shape index (κ1) is 14.5. The minimum Gasteiger partial charge on any atom is -0.494 e. The van der Waals surface area contributed by atoms with Crippen LogP contribution in [0.3, 0.4) is 0 Å². The Kier molecular flexibility index (Phi) is 5.12. The molecular formula is C15H20N2O3. The highest BCUT2D eigenvalue weighted by atomic mass is 16.5. The smallest absolute Gasteiger partial charge is 0.221 e. The van der Waals surface area contributed by atoms with Gasteiger partial charge in [0, 0.05) is 31.6 Å². The summed E-state index contributed by atoms with van der Waals surface area (Å²) < 4.78 is 5.35. The van der Waals surface area contributed by atoms with Crippen LogP contribution in [0.15, 0.2) is 24.3 Å². The summed E-state index contributed by atoms with van der Waals surface area (Å²) in [6.45, 7) is 4.84. The Morgan fingerprint density at radius 2 is 2.05 bits per heavy atom. The Labute approximate surface area is 118 Å². The van der Waals surface area contributed by atoms with Crippen molar-refractivity contribution in [3.63, 3.8) is 0 Å². The lowest BCUT2D eigenvalue weighted by Crippen LogP contribution is -2.33. The van der Waals surface area contributed by atoms with E-state index in [-0.39, 0.29) is 11.7 Å². The van der Waals surface area contributed by atoms with Crippen LogP contribution in [-0.2, 0) is 4.79 Å². The van der Waals surface area contributed by atoms with E-state index in [1.807, 2.05) is 24.0 Å². The molecular weight excluding hydrogens is 256 g/mol. The highest BCUT2D eigenvalue weighted by molar-refractivity contribution is 5.97. The van der Waals surface area contributed by atoms with Gasteiger partial charge in [-0.25, -0.2) is 0 Å². The normalized spacial score (nSPS) is 16.4. The number of carbonyl (C=O) groups is 2. The van der Waals surface area contributed by atoms with Crippen LogP contribution in [0.2, 0.25) is 0 Å². The van der Waals surface area contributed by atoms with Gasteiger partial charge in [-0.2, -0.15) is 0 Å². The monoisotopic (exact) mass is 276 g/mol. The molecule has 1 heterocycles. The van der Waals surface area contributed by atoms with Crippen molar-refractivity contribution in [1.29, 1.82) is 0 Å². The molecule has 1 aromatic rings. The van der Waals surface area contributed by atoms with Crippen molar-refractivity contribution in [2.75, 3.05) is 32.8 Å². The molecule has 5 nitrogen and oxygen atoms in total. The summed E-state index contributed by atoms with van der Waals surface area (Å²) in [6, 6.07) is 7.19. The Morgan fingerprint density at radius 1 is 1.30 bits per heavy atom. The molecule has 1 fully saturated rings. The summed E-state index contributed by atoms with van der Waals surface area (Å²) in [5, 5.41) is 2.80. The molecule has 20 heavy (non-hydrogen) atoms. The minimum absolute atomic E-state index is 0.0565. The molecule has 0 spiro atoms. The van der Waals surface area contributed by atoms with Crippen LogP contribution in [0, 0.1) is 0 Å². The molecule has 1 amide bonds. The molecule has 1 saturated heterocycles. The molecule has 1 N–H and O–H groups in total. The van der Waals surface area contributed by atoms with Crippen molar-refractivity contribution in [3.05, 3.63) is 29.8 Å². The van der Waals surface area contributed by atoms with Gasteiger partial charge in [0.05, 0.1) is 13.2 Å². The molecule has 0 radical (unpaired) electrons. The number of ether oxygens (including phenoxy) is 1. The second-order valence-electron chi connectivity index (χ2n) is 4.76. The largest absolute Gasteiger partial charge is 0.494 e. The predicted molar refractivity (Wildman–Crippen MR) is 76.0 cm³/mol. The molecule has 0 atom stereocenters. The third kappa shape index (κ3) is 4.06. The molecule has 0 bridgehead atoms. The molecule has 0 aliphatic carbocycles. The van der Waals surface area contributed by atoms with Gasteiger partial charge in [-0.1, -0.05) is 0 Å². The molecule has 2 rings (SSSR count). The fourth-order valence-electron chi connectivity index (χ4n) is 2.17. The molecule has 0 aromatic heterocycles. The maximum atomic E-state index is 12.2. The van der Waals surface area contributed by atoms with Crippen LogP contribution < -0.4 is 10.1 Å². The third-order valence-corrected chi connectivity index (χ3v) is 3.26. The molecule has 0 saturated carbocycles. The number of nitrogens with one attached hydrogen (secondary N) is 1. The molecule has 108 valence electrons. The van der Waals surface area contributed by atoms with Gasteiger partial charge in [-0.05, 0) is 31.2 Å². The lowest BCUT2D eigenvalue weighted by molar-refractivity contribution is -0.120. The van der Waals surface area contributed by atoms with Gasteiger partial charge in [0.1, 0.15) is 5.75 Å². The van der Waals surface area contributed by atoms with Gasteiger partial charge in [0.15, 0.2) is 5.78 Å². The maximum absolute atomic E-state index is 12.2. The van der Waals surface area contributed by atoms with Crippen molar-refractivity contribution in [2.45, 2.75) is 13.3 Å². The van der Waals surface area contributed by atoms with E-state index in [2.05, 4.69) is 5.32 Å². The first-order valence-electron chi connectivity index (χ1n) is 6.94. The zero-order valence-electron chi connectivity index (χ0n) is 11.7. The van der Waals surface area contributed by atoms with Gasteiger partial charge in [-0.15, -0.1) is 0 Å². The summed E-state index contributed by atoms with van der Waals surface area (Å²) in [5.41, 5.74) is 0.678. The molecule has 1 aliphatic heterocycles. The average molecular weight is 276 g/mol. The van der Waals surface area contributed by atoms with E-state index in [0.29, 0.717) is 44.8 Å². The quantitative estimate of drug-likeness (QED) is 0.818. The number of Topliss-reactive ketones (excluding diaryl/α,β-unsaturated/α-hetero) is 1. The van der Waals surface area contributed by atoms with Crippen molar-refractivity contribution in [3.8, 4) is 5.75 Å². The second-order valence-corrected chi connectivity index (χ2v) is 4.76. The number of carbonyl (C=O) groups excluding carboxylic acids is 2. The van der Waals surface area contributed by atoms with Crippen molar-refractivity contribution in [1.82, 2.24) is 10.2 Å². The highest BCUT2D eigenvalue weighted by Gasteiger charge is 2.16. The minimum atomic E-state index is 0.0565. The van der Waals surface area contributed by atoms with Crippen LogP contribution in [0.5, 0.6) is 5.75 Å². The second kappa shape index (κ2) is 7.05. The van der Waals surface area contributed by atoms with E-state index in [1.54, 1.807) is 12.1 Å². The van der Waals surface area contributed by atoms with Crippen LogP contribution in [0.25, 0.3) is 0 Å². The van der Waals surface area contributed by atoms with E-state index >= 15 is 0 Å². The fourth-order valence-corrected chi connectivity index (χ4v) is 2.17. The summed E-state index contributed by atoms with van der Waals surface area (Å²) >= 11 is 0. The summed E-state index contributed by atoms with van der Waals surface area (Å²) in [7, 11) is 0. The van der Waals surface area contributed by atoms with Crippen molar-refractivity contribution < 1.29 is 14.3 Å². The topological polar surface area (TPSA) is 58.6 Å². The zero-order chi connectivity index (χ0) is 14.4. The summed E-state index contributed by atoms with van der Waals surface area (Å²) in [5.74, 6) is 0.900. The molecule has 1 aromatic carbocycles. The SMILES string of the molecule is CCOc1ccc(C(=O)CN2CCNC(=O)CC2)cc1. The van der Waals surface area contributed by atoms with Crippen LogP contribution in [-0.4, -0.2) is 49.4 Å². The number of hydrogen-bond acceptors (Lipinski definition) is 4. The van der Waals surface area contributed by atoms with Gasteiger partial charge < -0.3 is 10.1 Å². The van der Waals surface area contributed by atoms with E-state index in [0.717, 1.165) is 5.75 Å². The van der Waals surface area contributed by atoms with E-state index in [9.17, 15) is 9.59 Å². The Morgan fingerprint density at radius 3 is 2.75 bits per heavy atom. The lowest BCUT2D eigenvalue weighted by Gasteiger charge is -2.17. The first-order valence-corrected chi connectivity index (χ1v) is 6.94. The van der Waals surface area contributed by atoms with Gasteiger partial charge in [0.2, 0.25) is 5.91 Å². The maximum Gasteiger partial charge on any atom is 0.221 e. The average Bonchev–Trinajstić information content (AvgIpc) is 2.65. The summed E-state index contributed by atoms with van der Waals surface area (Å²) in [6.07, 6.45) is 0.455. The number of rotatable bonds is 5. The number of benzene rings is 1. The Hall–Kier alpha value is -1.88. The van der Waals surface area contributed by atoms with Crippen LogP contribution in [0.4, 0.5) is 0 Å². The van der Waals surface area contributed by atoms with Gasteiger partial charge in [-0.3, -0.25) is 14.5 Å². The Bertz CT molecular complexity index is 471. The van der Waals surface area contributed by atoms with Gasteiger partial charge in [0.25, 0.3) is 0 Å². The van der Waals surface area contributed by atoms with Crippen LogP contribution in [0.1, 0.15) is 23.7 Å². The molecule has 5 heteroatoms. The zero-order valence-corrected chi connectivity index (χ0v) is 11.7. The number of amides is 1. The van der Waals surface area contributed by atoms with Crippen LogP contribution >= 0.6 is 0 Å². The van der Waals surface area contributed by atoms with E-state index in [4.69, 9.17) is 4.74 Å².